The van der Waals surface area contributed by atoms with Crippen LogP contribution in [0.3, 0.4) is 0 Å². The zero-order valence-corrected chi connectivity index (χ0v) is 12.6. The fraction of sp³-hybridized carbons (Fsp3) is 0.312. The average Bonchev–Trinajstić information content (AvgIpc) is 3.05. The molecular formula is C16H15F3N4O. The van der Waals surface area contributed by atoms with E-state index in [4.69, 9.17) is 0 Å². The van der Waals surface area contributed by atoms with E-state index in [0.29, 0.717) is 25.1 Å². The second kappa shape index (κ2) is 6.46. The molecule has 8 heteroatoms. The number of halogens is 3. The Morgan fingerprint density at radius 2 is 1.96 bits per heavy atom. The second-order valence-corrected chi connectivity index (χ2v) is 5.45. The number of hydrogen-bond donors (Lipinski definition) is 1. The first-order chi connectivity index (χ1) is 11.4. The van der Waals surface area contributed by atoms with E-state index in [1.54, 1.807) is 24.3 Å². The average molecular weight is 336 g/mol. The molecular weight excluding hydrogens is 321 g/mol. The van der Waals surface area contributed by atoms with E-state index in [9.17, 15) is 18.0 Å². The Morgan fingerprint density at radius 1 is 1.21 bits per heavy atom. The fourth-order valence-electron chi connectivity index (χ4n) is 2.67. The van der Waals surface area contributed by atoms with Gasteiger partial charge in [0.15, 0.2) is 0 Å². The number of rotatable bonds is 3. The SMILES string of the molecule is O=C(Nc1ccccc1)[C@@H]1CCCN1c1nccc(C(F)(F)F)n1. The van der Waals surface area contributed by atoms with Crippen molar-refractivity contribution in [3.8, 4) is 0 Å². The van der Waals surface area contributed by atoms with Crippen LogP contribution < -0.4 is 10.2 Å². The highest BCUT2D eigenvalue weighted by atomic mass is 19.4. The van der Waals surface area contributed by atoms with Crippen molar-refractivity contribution < 1.29 is 18.0 Å². The van der Waals surface area contributed by atoms with Gasteiger partial charge in [-0.1, -0.05) is 18.2 Å². The van der Waals surface area contributed by atoms with Crippen molar-refractivity contribution in [2.24, 2.45) is 0 Å². The number of carbonyl (C=O) groups is 1. The molecule has 1 amide bonds. The molecule has 126 valence electrons. The van der Waals surface area contributed by atoms with Crippen LogP contribution in [0.2, 0.25) is 0 Å². The molecule has 1 aliphatic rings. The van der Waals surface area contributed by atoms with Crippen LogP contribution in [0.15, 0.2) is 42.6 Å². The van der Waals surface area contributed by atoms with Gasteiger partial charge in [-0.15, -0.1) is 0 Å². The Morgan fingerprint density at radius 3 is 2.67 bits per heavy atom. The van der Waals surface area contributed by atoms with Crippen molar-refractivity contribution in [2.75, 3.05) is 16.8 Å². The number of para-hydroxylation sites is 1. The third-order valence-electron chi connectivity index (χ3n) is 3.79. The van der Waals surface area contributed by atoms with Gasteiger partial charge >= 0.3 is 6.18 Å². The van der Waals surface area contributed by atoms with Crippen LogP contribution in [0.25, 0.3) is 0 Å². The van der Waals surface area contributed by atoms with Gasteiger partial charge in [-0.2, -0.15) is 13.2 Å². The topological polar surface area (TPSA) is 58.1 Å². The zero-order chi connectivity index (χ0) is 17.2. The van der Waals surface area contributed by atoms with E-state index in [2.05, 4.69) is 15.3 Å². The summed E-state index contributed by atoms with van der Waals surface area (Å²) in [6.45, 7) is 0.439. The number of benzene rings is 1. The summed E-state index contributed by atoms with van der Waals surface area (Å²) in [4.78, 5) is 21.5. The van der Waals surface area contributed by atoms with Crippen LogP contribution in [0.5, 0.6) is 0 Å². The lowest BCUT2D eigenvalue weighted by Crippen LogP contribution is -2.40. The van der Waals surface area contributed by atoms with Crippen molar-refractivity contribution in [3.05, 3.63) is 48.3 Å². The number of hydrogen-bond acceptors (Lipinski definition) is 4. The highest BCUT2D eigenvalue weighted by molar-refractivity contribution is 5.97. The van der Waals surface area contributed by atoms with Crippen LogP contribution in [0, 0.1) is 0 Å². The van der Waals surface area contributed by atoms with E-state index in [0.717, 1.165) is 12.3 Å². The van der Waals surface area contributed by atoms with Gasteiger partial charge in [-0.3, -0.25) is 4.79 Å². The molecule has 1 saturated heterocycles. The maximum atomic E-state index is 12.8. The number of anilines is 2. The smallest absolute Gasteiger partial charge is 0.329 e. The van der Waals surface area contributed by atoms with Crippen molar-refractivity contribution in [1.29, 1.82) is 0 Å². The Labute approximate surface area is 136 Å². The summed E-state index contributed by atoms with van der Waals surface area (Å²) < 4.78 is 38.4. The standard InChI is InChI=1S/C16H15F3N4O/c17-16(18,19)13-8-9-20-15(22-13)23-10-4-7-12(23)14(24)21-11-5-2-1-3-6-11/h1-3,5-6,8-9,12H,4,7,10H2,(H,21,24)/t12-/m0/s1. The Balaban J connectivity index is 1.79. The molecule has 24 heavy (non-hydrogen) atoms. The molecule has 0 radical (unpaired) electrons. The number of alkyl halides is 3. The lowest BCUT2D eigenvalue weighted by Gasteiger charge is -2.24. The van der Waals surface area contributed by atoms with Crippen LogP contribution in [0.1, 0.15) is 18.5 Å². The fourth-order valence-corrected chi connectivity index (χ4v) is 2.67. The highest BCUT2D eigenvalue weighted by Crippen LogP contribution is 2.30. The van der Waals surface area contributed by atoms with Crippen molar-refractivity contribution >= 4 is 17.5 Å². The van der Waals surface area contributed by atoms with Gasteiger partial charge in [-0.05, 0) is 31.0 Å². The molecule has 1 aromatic heterocycles. The number of nitrogens with zero attached hydrogens (tertiary/aromatic N) is 3. The van der Waals surface area contributed by atoms with Gasteiger partial charge in [0.2, 0.25) is 11.9 Å². The molecule has 0 unspecified atom stereocenters. The summed E-state index contributed by atoms with van der Waals surface area (Å²) in [6.07, 6.45) is -2.25. The zero-order valence-electron chi connectivity index (χ0n) is 12.6. The van der Waals surface area contributed by atoms with Crippen LogP contribution in [-0.2, 0) is 11.0 Å². The summed E-state index contributed by atoms with van der Waals surface area (Å²) in [5.41, 5.74) is -0.374. The number of nitrogens with one attached hydrogen (secondary N) is 1. The van der Waals surface area contributed by atoms with Gasteiger partial charge in [0.1, 0.15) is 11.7 Å². The molecule has 1 fully saturated rings. The van der Waals surface area contributed by atoms with Crippen LogP contribution in [-0.4, -0.2) is 28.5 Å². The third kappa shape index (κ3) is 3.47. The minimum atomic E-state index is -4.54. The predicted octanol–water partition coefficient (Wildman–Crippen LogP) is 3.10. The van der Waals surface area contributed by atoms with E-state index in [1.807, 2.05) is 6.07 Å². The molecule has 0 aliphatic carbocycles. The molecule has 1 atom stereocenters. The molecule has 0 bridgehead atoms. The second-order valence-electron chi connectivity index (χ2n) is 5.45. The lowest BCUT2D eigenvalue weighted by atomic mass is 10.2. The first kappa shape index (κ1) is 16.2. The summed E-state index contributed by atoms with van der Waals surface area (Å²) >= 11 is 0. The summed E-state index contributed by atoms with van der Waals surface area (Å²) in [7, 11) is 0. The maximum Gasteiger partial charge on any atom is 0.433 e. The molecule has 5 nitrogen and oxygen atoms in total. The number of carbonyl (C=O) groups excluding carboxylic acids is 1. The number of amides is 1. The van der Waals surface area contributed by atoms with Crippen molar-refractivity contribution in [3.63, 3.8) is 0 Å². The van der Waals surface area contributed by atoms with Gasteiger partial charge in [0, 0.05) is 18.4 Å². The summed E-state index contributed by atoms with van der Waals surface area (Å²) in [5.74, 6) is -0.352. The Bertz CT molecular complexity index is 721. The Kier molecular flexibility index (Phi) is 4.37. The quantitative estimate of drug-likeness (QED) is 0.936. The van der Waals surface area contributed by atoms with Gasteiger partial charge < -0.3 is 10.2 Å². The Hall–Kier alpha value is -2.64. The van der Waals surface area contributed by atoms with Crippen molar-refractivity contribution in [2.45, 2.75) is 25.1 Å². The van der Waals surface area contributed by atoms with E-state index in [-0.39, 0.29) is 11.9 Å². The lowest BCUT2D eigenvalue weighted by molar-refractivity contribution is -0.141. The molecule has 0 spiro atoms. The molecule has 1 aliphatic heterocycles. The highest BCUT2D eigenvalue weighted by Gasteiger charge is 2.36. The minimum absolute atomic E-state index is 0.0736. The molecule has 1 aromatic carbocycles. The molecule has 1 N–H and O–H groups in total. The van der Waals surface area contributed by atoms with Gasteiger partial charge in [0.05, 0.1) is 0 Å². The molecule has 3 rings (SSSR count). The molecule has 2 aromatic rings. The van der Waals surface area contributed by atoms with E-state index in [1.165, 1.54) is 4.90 Å². The number of aromatic nitrogens is 2. The predicted molar refractivity (Wildman–Crippen MR) is 82.5 cm³/mol. The first-order valence-electron chi connectivity index (χ1n) is 7.48. The normalized spacial score (nSPS) is 17.8. The summed E-state index contributed by atoms with van der Waals surface area (Å²) in [5, 5.41) is 2.77. The molecule has 2 heterocycles. The maximum absolute atomic E-state index is 12.8. The van der Waals surface area contributed by atoms with Crippen LogP contribution >= 0.6 is 0 Å². The first-order valence-corrected chi connectivity index (χ1v) is 7.48. The monoisotopic (exact) mass is 336 g/mol. The van der Waals surface area contributed by atoms with Crippen molar-refractivity contribution in [1.82, 2.24) is 9.97 Å². The van der Waals surface area contributed by atoms with E-state index < -0.39 is 17.9 Å². The third-order valence-corrected chi connectivity index (χ3v) is 3.79. The van der Waals surface area contributed by atoms with E-state index >= 15 is 0 Å². The summed E-state index contributed by atoms with van der Waals surface area (Å²) in [6, 6.07) is 9.13. The van der Waals surface area contributed by atoms with Gasteiger partial charge in [-0.25, -0.2) is 9.97 Å². The minimum Gasteiger partial charge on any atom is -0.329 e. The largest absolute Gasteiger partial charge is 0.433 e. The van der Waals surface area contributed by atoms with Gasteiger partial charge in [0.25, 0.3) is 0 Å². The van der Waals surface area contributed by atoms with Crippen LogP contribution in [0.4, 0.5) is 24.8 Å². The molecule has 0 saturated carbocycles.